The molecule has 7 heteroatoms. The number of nitrogens with one attached hydrogen (secondary N) is 2. The molecule has 0 radical (unpaired) electrons. The number of hydrogen-bond donors (Lipinski definition) is 3. The molecule has 2 aromatic rings. The van der Waals surface area contributed by atoms with Gasteiger partial charge in [-0.05, 0) is 39.1 Å². The Kier molecular flexibility index (Phi) is 6.15. The van der Waals surface area contributed by atoms with Crippen LogP contribution in [0.25, 0.3) is 0 Å². The molecule has 5 nitrogen and oxygen atoms in total. The number of guanidine groups is 1. The molecule has 0 spiro atoms. The Morgan fingerprint density at radius 2 is 2.17 bits per heavy atom. The molecule has 2 heterocycles. The van der Waals surface area contributed by atoms with E-state index < -0.39 is 5.60 Å². The van der Waals surface area contributed by atoms with Crippen LogP contribution in [0, 0.1) is 13.8 Å². The van der Waals surface area contributed by atoms with Gasteiger partial charge in [-0.25, -0.2) is 9.98 Å². The third kappa shape index (κ3) is 5.02. The van der Waals surface area contributed by atoms with Crippen molar-refractivity contribution < 1.29 is 5.11 Å². The van der Waals surface area contributed by atoms with Crippen molar-refractivity contribution in [2.75, 3.05) is 13.1 Å². The molecule has 0 aliphatic heterocycles. The lowest BCUT2D eigenvalue weighted by Gasteiger charge is -2.23. The van der Waals surface area contributed by atoms with Crippen LogP contribution in [0.5, 0.6) is 0 Å². The maximum atomic E-state index is 10.6. The second kappa shape index (κ2) is 7.90. The summed E-state index contributed by atoms with van der Waals surface area (Å²) in [5.41, 5.74) is 0.124. The van der Waals surface area contributed by atoms with Gasteiger partial charge >= 0.3 is 0 Å². The number of thiazole rings is 1. The van der Waals surface area contributed by atoms with Gasteiger partial charge in [-0.3, -0.25) is 0 Å². The molecule has 0 saturated heterocycles. The smallest absolute Gasteiger partial charge is 0.191 e. The van der Waals surface area contributed by atoms with Gasteiger partial charge in [0.1, 0.15) is 5.60 Å². The number of rotatable bonds is 6. The summed E-state index contributed by atoms with van der Waals surface area (Å²) in [5, 5.41) is 20.1. The molecule has 1 atom stereocenters. The number of hydrogen-bond acceptors (Lipinski definition) is 5. The summed E-state index contributed by atoms with van der Waals surface area (Å²) in [6.07, 6.45) is 0. The number of nitrogens with zero attached hydrogens (tertiary/aromatic N) is 2. The fourth-order valence-corrected chi connectivity index (χ4v) is 3.79. The van der Waals surface area contributed by atoms with Gasteiger partial charge in [-0.2, -0.15) is 0 Å². The van der Waals surface area contributed by atoms with Crippen LogP contribution in [0.3, 0.4) is 0 Å². The van der Waals surface area contributed by atoms with Gasteiger partial charge < -0.3 is 15.7 Å². The van der Waals surface area contributed by atoms with Crippen LogP contribution in [0.2, 0.25) is 0 Å². The zero-order valence-electron chi connectivity index (χ0n) is 14.0. The Bertz CT molecular complexity index is 647. The van der Waals surface area contributed by atoms with Crippen LogP contribution in [-0.2, 0) is 12.1 Å². The quantitative estimate of drug-likeness (QED) is 0.552. The first-order valence-corrected chi connectivity index (χ1v) is 9.33. The Hall–Kier alpha value is -1.44. The molecule has 126 valence electrons. The molecule has 0 aromatic carbocycles. The zero-order chi connectivity index (χ0) is 16.9. The van der Waals surface area contributed by atoms with Gasteiger partial charge in [-0.1, -0.05) is 6.07 Å². The van der Waals surface area contributed by atoms with Crippen LogP contribution >= 0.6 is 22.7 Å². The predicted octanol–water partition coefficient (Wildman–Crippen LogP) is 2.78. The Morgan fingerprint density at radius 1 is 1.39 bits per heavy atom. The van der Waals surface area contributed by atoms with Gasteiger partial charge in [0.25, 0.3) is 0 Å². The molecule has 3 N–H and O–H groups in total. The fourth-order valence-electron chi connectivity index (χ4n) is 2.14. The van der Waals surface area contributed by atoms with E-state index in [0.29, 0.717) is 19.0 Å². The van der Waals surface area contributed by atoms with Crippen LogP contribution in [0.1, 0.15) is 34.3 Å². The fraction of sp³-hybridized carbons (Fsp3) is 0.500. The van der Waals surface area contributed by atoms with E-state index in [9.17, 15) is 5.11 Å². The largest absolute Gasteiger partial charge is 0.383 e. The van der Waals surface area contributed by atoms with E-state index in [1.165, 1.54) is 4.88 Å². The minimum atomic E-state index is -0.915. The van der Waals surface area contributed by atoms with Crippen molar-refractivity contribution in [3.8, 4) is 0 Å². The maximum absolute atomic E-state index is 10.6. The van der Waals surface area contributed by atoms with Crippen molar-refractivity contribution >= 4 is 28.6 Å². The van der Waals surface area contributed by atoms with E-state index in [1.54, 1.807) is 22.7 Å². The average Bonchev–Trinajstić information content (AvgIpc) is 3.12. The average molecular weight is 353 g/mol. The minimum absolute atomic E-state index is 0.403. The van der Waals surface area contributed by atoms with E-state index in [0.717, 1.165) is 22.1 Å². The molecule has 2 rings (SSSR count). The molecule has 0 saturated carbocycles. The SMILES string of the molecule is CCNC(=NCc1sc(C)nc1C)NCC(C)(O)c1cccs1. The summed E-state index contributed by atoms with van der Waals surface area (Å²) >= 11 is 3.23. The summed E-state index contributed by atoms with van der Waals surface area (Å²) in [5.74, 6) is 0.704. The van der Waals surface area contributed by atoms with Crippen LogP contribution < -0.4 is 10.6 Å². The highest BCUT2D eigenvalue weighted by Crippen LogP contribution is 2.24. The molecule has 0 bridgehead atoms. The van der Waals surface area contributed by atoms with E-state index in [2.05, 4.69) is 20.6 Å². The van der Waals surface area contributed by atoms with Gasteiger partial charge in [0.05, 0.1) is 23.8 Å². The van der Waals surface area contributed by atoms with Crippen molar-refractivity contribution in [3.63, 3.8) is 0 Å². The summed E-state index contributed by atoms with van der Waals surface area (Å²) < 4.78 is 0. The molecule has 2 aromatic heterocycles. The zero-order valence-corrected chi connectivity index (χ0v) is 15.6. The topological polar surface area (TPSA) is 69.5 Å². The van der Waals surface area contributed by atoms with E-state index in [-0.39, 0.29) is 0 Å². The van der Waals surface area contributed by atoms with E-state index in [1.807, 2.05) is 45.2 Å². The van der Waals surface area contributed by atoms with Crippen LogP contribution in [0.15, 0.2) is 22.5 Å². The molecule has 0 fully saturated rings. The van der Waals surface area contributed by atoms with Crippen molar-refractivity contribution in [2.24, 2.45) is 4.99 Å². The summed E-state index contributed by atoms with van der Waals surface area (Å²) in [6.45, 7) is 9.62. The first-order chi connectivity index (χ1) is 10.9. The number of aromatic nitrogens is 1. The Morgan fingerprint density at radius 3 is 2.74 bits per heavy atom. The lowest BCUT2D eigenvalue weighted by atomic mass is 10.1. The van der Waals surface area contributed by atoms with E-state index in [4.69, 9.17) is 0 Å². The molecule has 1 unspecified atom stereocenters. The highest BCUT2D eigenvalue weighted by molar-refractivity contribution is 7.11. The second-order valence-electron chi connectivity index (χ2n) is 5.54. The lowest BCUT2D eigenvalue weighted by molar-refractivity contribution is 0.0655. The van der Waals surface area contributed by atoms with Crippen LogP contribution in [0.4, 0.5) is 0 Å². The monoisotopic (exact) mass is 352 g/mol. The third-order valence-electron chi connectivity index (χ3n) is 3.38. The van der Waals surface area contributed by atoms with Crippen LogP contribution in [-0.4, -0.2) is 29.1 Å². The normalized spacial score (nSPS) is 14.6. The second-order valence-corrected chi connectivity index (χ2v) is 7.78. The lowest BCUT2D eigenvalue weighted by Crippen LogP contribution is -2.44. The number of thiophene rings is 1. The number of aliphatic hydroxyl groups is 1. The minimum Gasteiger partial charge on any atom is -0.383 e. The predicted molar refractivity (Wildman–Crippen MR) is 98.3 cm³/mol. The van der Waals surface area contributed by atoms with Crippen molar-refractivity contribution in [1.82, 2.24) is 15.6 Å². The molecule has 23 heavy (non-hydrogen) atoms. The number of aryl methyl sites for hydroxylation is 2. The van der Waals surface area contributed by atoms with E-state index >= 15 is 0 Å². The first kappa shape index (κ1) is 17.9. The van der Waals surface area contributed by atoms with Gasteiger partial charge in [0.15, 0.2) is 5.96 Å². The Labute approximate surface area is 145 Å². The maximum Gasteiger partial charge on any atom is 0.191 e. The highest BCUT2D eigenvalue weighted by atomic mass is 32.1. The van der Waals surface area contributed by atoms with Gasteiger partial charge in [0.2, 0.25) is 0 Å². The van der Waals surface area contributed by atoms with Crippen molar-refractivity contribution in [2.45, 2.75) is 39.8 Å². The molecule has 0 aliphatic carbocycles. The molecule has 0 aliphatic rings. The first-order valence-electron chi connectivity index (χ1n) is 7.64. The third-order valence-corrected chi connectivity index (χ3v) is 5.56. The van der Waals surface area contributed by atoms with Gasteiger partial charge in [-0.15, -0.1) is 22.7 Å². The molecular formula is C16H24N4OS2. The standard InChI is InChI=1S/C16H24N4OS2/c1-5-17-15(18-9-13-11(2)20-12(3)23-13)19-10-16(4,21)14-7-6-8-22-14/h6-8,21H,5,9-10H2,1-4H3,(H2,17,18,19). The summed E-state index contributed by atoms with van der Waals surface area (Å²) in [4.78, 5) is 11.1. The highest BCUT2D eigenvalue weighted by Gasteiger charge is 2.24. The molecule has 0 amide bonds. The molecular weight excluding hydrogens is 328 g/mol. The number of aliphatic imine (C=N–C) groups is 1. The Balaban J connectivity index is 2.00. The van der Waals surface area contributed by atoms with Gasteiger partial charge in [0, 0.05) is 16.3 Å². The summed E-state index contributed by atoms with van der Waals surface area (Å²) in [7, 11) is 0. The van der Waals surface area contributed by atoms with Crippen molar-refractivity contribution in [3.05, 3.63) is 38.0 Å². The summed E-state index contributed by atoms with van der Waals surface area (Å²) in [6, 6.07) is 3.89. The van der Waals surface area contributed by atoms with Crippen molar-refractivity contribution in [1.29, 1.82) is 0 Å².